The molecule has 0 aromatic heterocycles. The van der Waals surface area contributed by atoms with Crippen LogP contribution in [0.15, 0.2) is 22.7 Å². The summed E-state index contributed by atoms with van der Waals surface area (Å²) in [6, 6.07) is 4.37. The van der Waals surface area contributed by atoms with Crippen molar-refractivity contribution in [3.05, 3.63) is 34.1 Å². The normalized spacial score (nSPS) is 14.6. The third kappa shape index (κ3) is 2.57. The average Bonchev–Trinajstić information content (AvgIpc) is 2.33. The van der Waals surface area contributed by atoms with Crippen molar-refractivity contribution in [2.45, 2.75) is 26.3 Å². The van der Waals surface area contributed by atoms with E-state index in [-0.39, 0.29) is 5.56 Å². The van der Waals surface area contributed by atoms with Gasteiger partial charge in [-0.2, -0.15) is 0 Å². The molecule has 1 N–H and O–H groups in total. The summed E-state index contributed by atoms with van der Waals surface area (Å²) in [6.45, 7) is 6.32. The van der Waals surface area contributed by atoms with Crippen molar-refractivity contribution in [2.24, 2.45) is 0 Å². The second-order valence-electron chi connectivity index (χ2n) is 4.17. The highest BCUT2D eigenvalue weighted by molar-refractivity contribution is 9.10. The summed E-state index contributed by atoms with van der Waals surface area (Å²) in [7, 11) is 0. The molecule has 0 fully saturated rings. The highest BCUT2D eigenvalue weighted by atomic mass is 79.9. The Labute approximate surface area is 115 Å². The molecule has 0 aliphatic carbocycles. The molecule has 3 nitrogen and oxygen atoms in total. The van der Waals surface area contributed by atoms with E-state index in [1.807, 2.05) is 13.8 Å². The Morgan fingerprint density at radius 1 is 1.44 bits per heavy atom. The van der Waals surface area contributed by atoms with Gasteiger partial charge in [0.05, 0.1) is 0 Å². The van der Waals surface area contributed by atoms with E-state index in [0.717, 1.165) is 0 Å². The summed E-state index contributed by atoms with van der Waals surface area (Å²) in [5.41, 5.74) is -1.19. The van der Waals surface area contributed by atoms with E-state index in [1.165, 1.54) is 19.1 Å². The zero-order valence-corrected chi connectivity index (χ0v) is 12.3. The van der Waals surface area contributed by atoms with E-state index < -0.39 is 17.3 Å². The molecule has 0 bridgehead atoms. The lowest BCUT2D eigenvalue weighted by molar-refractivity contribution is -0.151. The first-order valence-corrected chi connectivity index (χ1v) is 6.61. The first kappa shape index (κ1) is 15.1. The van der Waals surface area contributed by atoms with E-state index in [1.54, 1.807) is 11.0 Å². The van der Waals surface area contributed by atoms with Crippen molar-refractivity contribution in [1.82, 2.24) is 4.90 Å². The summed E-state index contributed by atoms with van der Waals surface area (Å²) in [6.07, 6.45) is 0. The zero-order chi connectivity index (χ0) is 13.9. The molecule has 1 aromatic carbocycles. The Morgan fingerprint density at radius 2 is 2.00 bits per heavy atom. The number of benzene rings is 1. The maximum atomic E-state index is 13.9. The number of carboxylic acids is 1. The van der Waals surface area contributed by atoms with Gasteiger partial charge in [-0.1, -0.05) is 29.8 Å². The van der Waals surface area contributed by atoms with Gasteiger partial charge in [0.15, 0.2) is 0 Å². The summed E-state index contributed by atoms with van der Waals surface area (Å²) in [5, 5.41) is 9.51. The minimum atomic E-state index is -1.36. The topological polar surface area (TPSA) is 40.5 Å². The Bertz CT molecular complexity index is 449. The van der Waals surface area contributed by atoms with Gasteiger partial charge in [-0.15, -0.1) is 0 Å². The summed E-state index contributed by atoms with van der Waals surface area (Å²) >= 11 is 3.25. The molecule has 5 heteroatoms. The number of hydrogen-bond acceptors (Lipinski definition) is 2. The van der Waals surface area contributed by atoms with E-state index in [2.05, 4.69) is 15.9 Å². The predicted octanol–water partition coefficient (Wildman–Crippen LogP) is 3.23. The average molecular weight is 318 g/mol. The number of nitrogens with zero attached hydrogens (tertiary/aromatic N) is 1. The molecular weight excluding hydrogens is 301 g/mol. The fourth-order valence-electron chi connectivity index (χ4n) is 2.15. The van der Waals surface area contributed by atoms with Crippen LogP contribution in [0.3, 0.4) is 0 Å². The Balaban J connectivity index is 3.44. The lowest BCUT2D eigenvalue weighted by Gasteiger charge is -2.37. The van der Waals surface area contributed by atoms with Gasteiger partial charge in [0.1, 0.15) is 11.4 Å². The lowest BCUT2D eigenvalue weighted by Crippen LogP contribution is -2.50. The molecule has 0 saturated carbocycles. The molecule has 0 amide bonds. The minimum Gasteiger partial charge on any atom is -0.480 e. The van der Waals surface area contributed by atoms with Crippen molar-refractivity contribution in [1.29, 1.82) is 0 Å². The molecule has 1 rings (SSSR count). The van der Waals surface area contributed by atoms with Gasteiger partial charge in [0.2, 0.25) is 0 Å². The van der Waals surface area contributed by atoms with Crippen LogP contribution in [0.1, 0.15) is 26.3 Å². The van der Waals surface area contributed by atoms with Gasteiger partial charge < -0.3 is 5.11 Å². The molecule has 0 aliphatic heterocycles. The van der Waals surface area contributed by atoms with Crippen molar-refractivity contribution in [3.8, 4) is 0 Å². The fourth-order valence-corrected chi connectivity index (χ4v) is 2.51. The molecule has 1 atom stereocenters. The van der Waals surface area contributed by atoms with Crippen LogP contribution in [0, 0.1) is 5.82 Å². The van der Waals surface area contributed by atoms with Gasteiger partial charge in [-0.25, -0.2) is 9.18 Å². The van der Waals surface area contributed by atoms with Crippen LogP contribution in [0.4, 0.5) is 4.39 Å². The van der Waals surface area contributed by atoms with Crippen LogP contribution < -0.4 is 0 Å². The quantitative estimate of drug-likeness (QED) is 0.906. The van der Waals surface area contributed by atoms with Crippen LogP contribution in [-0.4, -0.2) is 29.1 Å². The number of aliphatic carboxylic acids is 1. The van der Waals surface area contributed by atoms with Gasteiger partial charge >= 0.3 is 5.97 Å². The molecule has 1 aromatic rings. The van der Waals surface area contributed by atoms with E-state index in [9.17, 15) is 14.3 Å². The number of carboxylic acid groups (broad SMARTS) is 1. The largest absolute Gasteiger partial charge is 0.480 e. The van der Waals surface area contributed by atoms with E-state index in [4.69, 9.17) is 0 Å². The molecule has 18 heavy (non-hydrogen) atoms. The van der Waals surface area contributed by atoms with Crippen molar-refractivity contribution in [2.75, 3.05) is 13.1 Å². The van der Waals surface area contributed by atoms with Gasteiger partial charge in [0.25, 0.3) is 0 Å². The van der Waals surface area contributed by atoms with Crippen LogP contribution in [0.5, 0.6) is 0 Å². The van der Waals surface area contributed by atoms with Crippen LogP contribution in [0.25, 0.3) is 0 Å². The van der Waals surface area contributed by atoms with Gasteiger partial charge in [0, 0.05) is 10.0 Å². The Hall–Kier alpha value is -0.940. The molecule has 0 aliphatic rings. The second kappa shape index (κ2) is 5.80. The highest BCUT2D eigenvalue weighted by Crippen LogP contribution is 2.32. The predicted molar refractivity (Wildman–Crippen MR) is 72.0 cm³/mol. The molecule has 0 heterocycles. The molecular formula is C13H17BrFNO2. The van der Waals surface area contributed by atoms with Gasteiger partial charge in [-0.05, 0) is 38.2 Å². The second-order valence-corrected chi connectivity index (χ2v) is 5.09. The first-order chi connectivity index (χ1) is 8.37. The van der Waals surface area contributed by atoms with Crippen LogP contribution in [-0.2, 0) is 10.3 Å². The fraction of sp³-hybridized carbons (Fsp3) is 0.462. The maximum absolute atomic E-state index is 13.9. The SMILES string of the molecule is CCN(CC)C(C)(C(=O)O)c1cc(Br)ccc1F. The number of carbonyl (C=O) groups is 1. The standard InChI is InChI=1S/C13H17BrFNO2/c1-4-16(5-2)13(3,12(17)18)10-8-9(14)6-7-11(10)15/h6-8H,4-5H2,1-3H3,(H,17,18). The van der Waals surface area contributed by atoms with E-state index >= 15 is 0 Å². The third-order valence-electron chi connectivity index (χ3n) is 3.27. The Morgan fingerprint density at radius 3 is 2.44 bits per heavy atom. The van der Waals surface area contributed by atoms with Crippen molar-refractivity contribution in [3.63, 3.8) is 0 Å². The van der Waals surface area contributed by atoms with Crippen molar-refractivity contribution < 1.29 is 14.3 Å². The number of likely N-dealkylation sites (N-methyl/N-ethyl adjacent to an activating group) is 1. The molecule has 0 saturated heterocycles. The molecule has 0 radical (unpaired) electrons. The summed E-state index contributed by atoms with van der Waals surface area (Å²) in [5.74, 6) is -1.56. The van der Waals surface area contributed by atoms with E-state index in [0.29, 0.717) is 17.6 Å². The van der Waals surface area contributed by atoms with Crippen molar-refractivity contribution >= 4 is 21.9 Å². The van der Waals surface area contributed by atoms with Crippen LogP contribution >= 0.6 is 15.9 Å². The van der Waals surface area contributed by atoms with Crippen LogP contribution in [0.2, 0.25) is 0 Å². The number of hydrogen-bond donors (Lipinski definition) is 1. The Kier molecular flexibility index (Phi) is 4.87. The molecule has 1 unspecified atom stereocenters. The zero-order valence-electron chi connectivity index (χ0n) is 10.7. The first-order valence-electron chi connectivity index (χ1n) is 5.81. The smallest absolute Gasteiger partial charge is 0.328 e. The number of rotatable bonds is 5. The third-order valence-corrected chi connectivity index (χ3v) is 3.76. The summed E-state index contributed by atoms with van der Waals surface area (Å²) in [4.78, 5) is 13.3. The lowest BCUT2D eigenvalue weighted by atomic mass is 9.89. The minimum absolute atomic E-state index is 0.174. The molecule has 100 valence electrons. The maximum Gasteiger partial charge on any atom is 0.328 e. The summed E-state index contributed by atoms with van der Waals surface area (Å²) < 4.78 is 14.6. The monoisotopic (exact) mass is 317 g/mol. The van der Waals surface area contributed by atoms with Gasteiger partial charge in [-0.3, -0.25) is 4.90 Å². The highest BCUT2D eigenvalue weighted by Gasteiger charge is 2.42. The molecule has 0 spiro atoms. The number of halogens is 2.